The normalized spacial score (nSPS) is 19.2. The number of benzene rings is 1. The summed E-state index contributed by atoms with van der Waals surface area (Å²) >= 11 is 0. The molecule has 0 atom stereocenters. The van der Waals surface area contributed by atoms with Gasteiger partial charge >= 0.3 is 0 Å². The molecule has 1 amide bonds. The molecule has 0 spiro atoms. The van der Waals surface area contributed by atoms with E-state index in [1.165, 1.54) is 17.7 Å². The van der Waals surface area contributed by atoms with Gasteiger partial charge in [-0.05, 0) is 49.1 Å². The zero-order valence-corrected chi connectivity index (χ0v) is 17.4. The number of carbonyl (C=O) groups is 1. The van der Waals surface area contributed by atoms with Crippen LogP contribution in [0.3, 0.4) is 0 Å². The Morgan fingerprint density at radius 2 is 1.97 bits per heavy atom. The second-order valence-electron chi connectivity index (χ2n) is 8.18. The first-order valence-corrected chi connectivity index (χ1v) is 10.7. The molecule has 1 aromatic carbocycles. The summed E-state index contributed by atoms with van der Waals surface area (Å²) < 4.78 is 29.9. The fourth-order valence-electron chi connectivity index (χ4n) is 4.23. The number of hydrogen-bond donors (Lipinski definition) is 1. The minimum Gasteiger partial charge on any atom is -0.454 e. The third-order valence-corrected chi connectivity index (χ3v) is 5.92. The van der Waals surface area contributed by atoms with Gasteiger partial charge in [0.2, 0.25) is 6.79 Å². The fraction of sp³-hybridized carbons (Fsp3) is 0.333. The molecule has 2 aromatic rings. The summed E-state index contributed by atoms with van der Waals surface area (Å²) in [5.74, 6) is 0.483. The molecule has 1 aliphatic carbocycles. The molecule has 3 aliphatic rings. The average Bonchev–Trinajstić information content (AvgIpc) is 3.12. The molecule has 1 saturated heterocycles. The molecular weight excluding hydrogens is 415 g/mol. The maximum atomic E-state index is 13.5. The van der Waals surface area contributed by atoms with Crippen LogP contribution in [0.15, 0.2) is 68.8 Å². The predicted octanol–water partition coefficient (Wildman–Crippen LogP) is 3.23. The van der Waals surface area contributed by atoms with Gasteiger partial charge in [0.15, 0.2) is 22.7 Å². The lowest BCUT2D eigenvalue weighted by molar-refractivity contribution is 0.0774. The van der Waals surface area contributed by atoms with Crippen molar-refractivity contribution in [3.8, 4) is 0 Å². The summed E-state index contributed by atoms with van der Waals surface area (Å²) in [5.41, 5.74) is 0.953. The van der Waals surface area contributed by atoms with E-state index in [0.717, 1.165) is 62.5 Å². The standard InChI is InChI=1S/C24H23FN2O5/c25-16-4-5-18-19(28)12-23(32-21(18)11-16)24(29)26-17-6-8-27(9-7-17)13-15-2-1-3-20-22(10-15)31-14-30-20/h1,3-5,10-12,17H,2,6-9,13-14H2,(H,26,29). The average molecular weight is 438 g/mol. The number of fused-ring (bicyclic) bond motifs is 1. The lowest BCUT2D eigenvalue weighted by Gasteiger charge is -2.32. The minimum absolute atomic E-state index is 0.0175. The van der Waals surface area contributed by atoms with Crippen molar-refractivity contribution in [2.75, 3.05) is 26.4 Å². The van der Waals surface area contributed by atoms with Crippen LogP contribution in [0.2, 0.25) is 0 Å². The molecule has 0 saturated carbocycles. The summed E-state index contributed by atoms with van der Waals surface area (Å²) in [6.45, 7) is 2.76. The number of allylic oxidation sites excluding steroid dienone is 3. The van der Waals surface area contributed by atoms with Crippen LogP contribution >= 0.6 is 0 Å². The number of nitrogens with one attached hydrogen (secondary N) is 1. The third-order valence-electron chi connectivity index (χ3n) is 5.92. The van der Waals surface area contributed by atoms with Crippen LogP contribution < -0.4 is 10.7 Å². The van der Waals surface area contributed by atoms with Gasteiger partial charge in [0.05, 0.1) is 5.39 Å². The van der Waals surface area contributed by atoms with Crippen LogP contribution in [0, 0.1) is 5.82 Å². The number of piperidine rings is 1. The van der Waals surface area contributed by atoms with E-state index in [1.54, 1.807) is 0 Å². The first-order chi connectivity index (χ1) is 15.5. The first-order valence-electron chi connectivity index (χ1n) is 10.7. The Bertz CT molecular complexity index is 1200. The molecular formula is C24H23FN2O5. The Hall–Kier alpha value is -3.39. The highest BCUT2D eigenvalue weighted by atomic mass is 19.1. The maximum absolute atomic E-state index is 13.5. The van der Waals surface area contributed by atoms with E-state index in [2.05, 4.69) is 22.4 Å². The highest BCUT2D eigenvalue weighted by Crippen LogP contribution is 2.25. The summed E-state index contributed by atoms with van der Waals surface area (Å²) in [6.07, 6.45) is 8.51. The lowest BCUT2D eigenvalue weighted by Crippen LogP contribution is -2.45. The molecule has 1 fully saturated rings. The number of amides is 1. The molecule has 0 bridgehead atoms. The van der Waals surface area contributed by atoms with Crippen LogP contribution in [-0.2, 0) is 9.47 Å². The number of hydrogen-bond acceptors (Lipinski definition) is 6. The van der Waals surface area contributed by atoms with Crippen LogP contribution in [-0.4, -0.2) is 43.3 Å². The Morgan fingerprint density at radius 3 is 2.81 bits per heavy atom. The molecule has 0 unspecified atom stereocenters. The molecule has 7 nitrogen and oxygen atoms in total. The third kappa shape index (κ3) is 4.31. The van der Waals surface area contributed by atoms with E-state index < -0.39 is 11.7 Å². The van der Waals surface area contributed by atoms with Crippen molar-refractivity contribution >= 4 is 16.9 Å². The van der Waals surface area contributed by atoms with Crippen LogP contribution in [0.25, 0.3) is 11.0 Å². The van der Waals surface area contributed by atoms with Crippen molar-refractivity contribution in [3.63, 3.8) is 0 Å². The van der Waals surface area contributed by atoms with Gasteiger partial charge in [-0.2, -0.15) is 0 Å². The van der Waals surface area contributed by atoms with Gasteiger partial charge in [0, 0.05) is 37.8 Å². The van der Waals surface area contributed by atoms with Crippen LogP contribution in [0.5, 0.6) is 0 Å². The number of nitrogens with zero attached hydrogens (tertiary/aromatic N) is 1. The van der Waals surface area contributed by atoms with Crippen molar-refractivity contribution in [2.24, 2.45) is 0 Å². The van der Waals surface area contributed by atoms with E-state index in [4.69, 9.17) is 13.9 Å². The molecule has 0 radical (unpaired) electrons. The van der Waals surface area contributed by atoms with E-state index >= 15 is 0 Å². The maximum Gasteiger partial charge on any atom is 0.287 e. The summed E-state index contributed by atoms with van der Waals surface area (Å²) in [7, 11) is 0. The summed E-state index contributed by atoms with van der Waals surface area (Å²) in [6, 6.07) is 4.81. The Morgan fingerprint density at radius 1 is 1.16 bits per heavy atom. The van der Waals surface area contributed by atoms with E-state index in [9.17, 15) is 14.0 Å². The topological polar surface area (TPSA) is 81.0 Å². The van der Waals surface area contributed by atoms with Crippen LogP contribution in [0.1, 0.15) is 29.8 Å². The minimum atomic E-state index is -0.524. The SMILES string of the molecule is O=C(NC1CCN(CC2=CC3=C(C=CC2)OCO3)CC1)c1cc(=O)c2ccc(F)cc2o1. The van der Waals surface area contributed by atoms with Gasteiger partial charge in [-0.25, -0.2) is 4.39 Å². The van der Waals surface area contributed by atoms with Crippen molar-refractivity contribution in [1.29, 1.82) is 0 Å². The highest BCUT2D eigenvalue weighted by Gasteiger charge is 2.24. The van der Waals surface area contributed by atoms with Crippen molar-refractivity contribution in [2.45, 2.75) is 25.3 Å². The fourth-order valence-corrected chi connectivity index (χ4v) is 4.23. The second kappa shape index (κ2) is 8.63. The number of rotatable bonds is 4. The van der Waals surface area contributed by atoms with Gasteiger partial charge in [0.1, 0.15) is 11.4 Å². The molecule has 1 aromatic heterocycles. The van der Waals surface area contributed by atoms with Crippen molar-refractivity contribution in [3.05, 3.63) is 81.4 Å². The van der Waals surface area contributed by atoms with Crippen LogP contribution in [0.4, 0.5) is 4.39 Å². The molecule has 2 aliphatic heterocycles. The molecule has 8 heteroatoms. The highest BCUT2D eigenvalue weighted by molar-refractivity contribution is 5.93. The zero-order chi connectivity index (χ0) is 22.1. The Kier molecular flexibility index (Phi) is 5.53. The largest absolute Gasteiger partial charge is 0.454 e. The van der Waals surface area contributed by atoms with Crippen molar-refractivity contribution in [1.82, 2.24) is 10.2 Å². The van der Waals surface area contributed by atoms with Crippen molar-refractivity contribution < 1.29 is 23.1 Å². The van der Waals surface area contributed by atoms with Gasteiger partial charge in [0.25, 0.3) is 5.91 Å². The molecule has 1 N–H and O–H groups in total. The smallest absolute Gasteiger partial charge is 0.287 e. The number of ether oxygens (including phenoxy) is 2. The summed E-state index contributed by atoms with van der Waals surface area (Å²) in [5, 5.41) is 3.19. The van der Waals surface area contributed by atoms with Gasteiger partial charge in [-0.15, -0.1) is 0 Å². The van der Waals surface area contributed by atoms with Gasteiger partial charge in [-0.3, -0.25) is 14.5 Å². The number of halogens is 1. The van der Waals surface area contributed by atoms with E-state index in [0.29, 0.717) is 0 Å². The van der Waals surface area contributed by atoms with E-state index in [-0.39, 0.29) is 35.0 Å². The Labute approximate surface area is 183 Å². The second-order valence-corrected chi connectivity index (χ2v) is 8.18. The number of carbonyl (C=O) groups excluding carboxylic acids is 1. The summed E-state index contributed by atoms with van der Waals surface area (Å²) in [4.78, 5) is 27.2. The monoisotopic (exact) mass is 438 g/mol. The molecule has 32 heavy (non-hydrogen) atoms. The van der Waals surface area contributed by atoms with Gasteiger partial charge in [-0.1, -0.05) is 6.08 Å². The number of likely N-dealkylation sites (tertiary alicyclic amines) is 1. The predicted molar refractivity (Wildman–Crippen MR) is 115 cm³/mol. The molecule has 3 heterocycles. The van der Waals surface area contributed by atoms with Gasteiger partial charge < -0.3 is 19.2 Å². The quantitative estimate of drug-likeness (QED) is 0.790. The Balaban J connectivity index is 1.18. The van der Waals surface area contributed by atoms with E-state index in [1.807, 2.05) is 6.08 Å². The lowest BCUT2D eigenvalue weighted by atomic mass is 10.0. The zero-order valence-electron chi connectivity index (χ0n) is 17.4. The first kappa shape index (κ1) is 20.5. The molecule has 166 valence electrons. The molecule has 5 rings (SSSR count).